The average Bonchev–Trinajstić information content (AvgIpc) is 3.05. The summed E-state index contributed by atoms with van der Waals surface area (Å²) in [4.78, 5) is 18.2. The molecule has 1 saturated heterocycles. The molecule has 1 aliphatic heterocycles. The second-order valence-electron chi connectivity index (χ2n) is 5.59. The number of para-hydroxylation sites is 1. The molecular weight excluding hydrogens is 276 g/mol. The summed E-state index contributed by atoms with van der Waals surface area (Å²) < 4.78 is 5.74. The number of rotatable bonds is 5. The van der Waals surface area contributed by atoms with Crippen LogP contribution in [0.25, 0.3) is 0 Å². The first-order valence-electron chi connectivity index (χ1n) is 7.70. The fourth-order valence-corrected chi connectivity index (χ4v) is 2.79. The molecule has 0 saturated carbocycles. The number of amides is 1. The van der Waals surface area contributed by atoms with Gasteiger partial charge in [0.1, 0.15) is 5.75 Å². The fraction of sp³-hybridized carbons (Fsp3) is 0.333. The standard InChI is InChI=1S/C18H20N2O2/c21-18(16-6-10-19-11-7-16)20-12-8-15(14-20)9-13-22-17-4-2-1-3-5-17/h1-7,10-11,15H,8-9,12-14H2. The highest BCUT2D eigenvalue weighted by atomic mass is 16.5. The van der Waals surface area contributed by atoms with Crippen molar-refractivity contribution in [1.82, 2.24) is 9.88 Å². The Hall–Kier alpha value is -2.36. The molecule has 0 bridgehead atoms. The van der Waals surface area contributed by atoms with Gasteiger partial charge in [-0.1, -0.05) is 18.2 Å². The predicted octanol–water partition coefficient (Wildman–Crippen LogP) is 3.01. The number of ether oxygens (including phenoxy) is 1. The van der Waals surface area contributed by atoms with Crippen LogP contribution in [-0.4, -0.2) is 35.5 Å². The molecule has 1 atom stereocenters. The van der Waals surface area contributed by atoms with Gasteiger partial charge in [-0.3, -0.25) is 9.78 Å². The minimum Gasteiger partial charge on any atom is -0.494 e. The van der Waals surface area contributed by atoms with Crippen LogP contribution in [0.1, 0.15) is 23.2 Å². The highest BCUT2D eigenvalue weighted by Gasteiger charge is 2.26. The lowest BCUT2D eigenvalue weighted by atomic mass is 10.1. The number of nitrogens with zero attached hydrogens (tertiary/aromatic N) is 2. The van der Waals surface area contributed by atoms with E-state index in [9.17, 15) is 4.79 Å². The van der Waals surface area contributed by atoms with Gasteiger partial charge in [-0.05, 0) is 43.0 Å². The smallest absolute Gasteiger partial charge is 0.253 e. The van der Waals surface area contributed by atoms with E-state index in [0.29, 0.717) is 12.5 Å². The Morgan fingerprint density at radius 2 is 1.95 bits per heavy atom. The molecule has 114 valence electrons. The number of hydrogen-bond donors (Lipinski definition) is 0. The van der Waals surface area contributed by atoms with Gasteiger partial charge in [0, 0.05) is 31.0 Å². The van der Waals surface area contributed by atoms with Crippen molar-refractivity contribution in [2.24, 2.45) is 5.92 Å². The van der Waals surface area contributed by atoms with E-state index in [1.165, 1.54) is 0 Å². The molecule has 1 fully saturated rings. The van der Waals surface area contributed by atoms with Crippen LogP contribution in [0.3, 0.4) is 0 Å². The molecule has 4 heteroatoms. The van der Waals surface area contributed by atoms with Crippen LogP contribution in [0.2, 0.25) is 0 Å². The minimum absolute atomic E-state index is 0.105. The second-order valence-corrected chi connectivity index (χ2v) is 5.59. The van der Waals surface area contributed by atoms with Crippen LogP contribution in [-0.2, 0) is 0 Å². The van der Waals surface area contributed by atoms with Gasteiger partial charge in [0.15, 0.2) is 0 Å². The molecule has 3 rings (SSSR count). The van der Waals surface area contributed by atoms with Gasteiger partial charge in [0.05, 0.1) is 6.61 Å². The number of aromatic nitrogens is 1. The largest absolute Gasteiger partial charge is 0.494 e. The first-order chi connectivity index (χ1) is 10.8. The van der Waals surface area contributed by atoms with Crippen molar-refractivity contribution in [3.8, 4) is 5.75 Å². The molecule has 1 aromatic heterocycles. The third kappa shape index (κ3) is 3.64. The van der Waals surface area contributed by atoms with Crippen LogP contribution < -0.4 is 4.74 Å². The van der Waals surface area contributed by atoms with E-state index < -0.39 is 0 Å². The van der Waals surface area contributed by atoms with Crippen LogP contribution >= 0.6 is 0 Å². The predicted molar refractivity (Wildman–Crippen MR) is 84.8 cm³/mol. The fourth-order valence-electron chi connectivity index (χ4n) is 2.79. The quantitative estimate of drug-likeness (QED) is 0.852. The molecule has 0 aliphatic carbocycles. The van der Waals surface area contributed by atoms with Crippen molar-refractivity contribution in [2.45, 2.75) is 12.8 Å². The molecule has 1 aromatic carbocycles. The van der Waals surface area contributed by atoms with Crippen LogP contribution in [0.4, 0.5) is 0 Å². The number of likely N-dealkylation sites (tertiary alicyclic amines) is 1. The summed E-state index contributed by atoms with van der Waals surface area (Å²) >= 11 is 0. The molecule has 4 nitrogen and oxygen atoms in total. The van der Waals surface area contributed by atoms with E-state index in [-0.39, 0.29) is 5.91 Å². The molecular formula is C18H20N2O2. The molecule has 1 unspecified atom stereocenters. The third-order valence-corrected chi connectivity index (χ3v) is 4.04. The minimum atomic E-state index is 0.105. The van der Waals surface area contributed by atoms with E-state index in [2.05, 4.69) is 4.98 Å². The summed E-state index contributed by atoms with van der Waals surface area (Å²) in [6.07, 6.45) is 5.35. The molecule has 22 heavy (non-hydrogen) atoms. The van der Waals surface area contributed by atoms with Crippen LogP contribution in [0.15, 0.2) is 54.9 Å². The Bertz CT molecular complexity index is 601. The first-order valence-corrected chi connectivity index (χ1v) is 7.70. The normalized spacial score (nSPS) is 17.5. The summed E-state index contributed by atoms with van der Waals surface area (Å²) in [5.74, 6) is 1.54. The number of carbonyl (C=O) groups excluding carboxylic acids is 1. The average molecular weight is 296 g/mol. The van der Waals surface area contributed by atoms with Crippen LogP contribution in [0, 0.1) is 5.92 Å². The summed E-state index contributed by atoms with van der Waals surface area (Å²) in [6, 6.07) is 13.4. The van der Waals surface area contributed by atoms with E-state index in [0.717, 1.165) is 37.2 Å². The van der Waals surface area contributed by atoms with Crippen molar-refractivity contribution < 1.29 is 9.53 Å². The Morgan fingerprint density at radius 1 is 1.18 bits per heavy atom. The highest BCUT2D eigenvalue weighted by molar-refractivity contribution is 5.94. The Labute approximate surface area is 130 Å². The molecule has 0 spiro atoms. The maximum Gasteiger partial charge on any atom is 0.253 e. The topological polar surface area (TPSA) is 42.4 Å². The maximum absolute atomic E-state index is 12.4. The van der Waals surface area contributed by atoms with Gasteiger partial charge in [-0.2, -0.15) is 0 Å². The van der Waals surface area contributed by atoms with E-state index >= 15 is 0 Å². The number of hydrogen-bond acceptors (Lipinski definition) is 3. The van der Waals surface area contributed by atoms with Gasteiger partial charge in [0.25, 0.3) is 5.91 Å². The lowest BCUT2D eigenvalue weighted by Crippen LogP contribution is -2.28. The number of pyridine rings is 1. The Balaban J connectivity index is 1.45. The Kier molecular flexibility index (Phi) is 4.68. The van der Waals surface area contributed by atoms with E-state index in [1.54, 1.807) is 24.5 Å². The second kappa shape index (κ2) is 7.07. The van der Waals surface area contributed by atoms with Crippen molar-refractivity contribution in [1.29, 1.82) is 0 Å². The highest BCUT2D eigenvalue weighted by Crippen LogP contribution is 2.22. The number of benzene rings is 1. The summed E-state index contributed by atoms with van der Waals surface area (Å²) in [6.45, 7) is 2.35. The van der Waals surface area contributed by atoms with E-state index in [1.807, 2.05) is 35.2 Å². The van der Waals surface area contributed by atoms with Crippen molar-refractivity contribution >= 4 is 5.91 Å². The van der Waals surface area contributed by atoms with Crippen LogP contribution in [0.5, 0.6) is 5.75 Å². The lowest BCUT2D eigenvalue weighted by molar-refractivity contribution is 0.0785. The SMILES string of the molecule is O=C(c1ccncc1)N1CCC(CCOc2ccccc2)C1. The van der Waals surface area contributed by atoms with Gasteiger partial charge < -0.3 is 9.64 Å². The van der Waals surface area contributed by atoms with Gasteiger partial charge in [0.2, 0.25) is 0 Å². The summed E-state index contributed by atoms with van der Waals surface area (Å²) in [5, 5.41) is 0. The van der Waals surface area contributed by atoms with Gasteiger partial charge >= 0.3 is 0 Å². The summed E-state index contributed by atoms with van der Waals surface area (Å²) in [7, 11) is 0. The Morgan fingerprint density at radius 3 is 2.73 bits per heavy atom. The van der Waals surface area contributed by atoms with Crippen molar-refractivity contribution in [3.05, 3.63) is 60.4 Å². The zero-order valence-electron chi connectivity index (χ0n) is 12.5. The van der Waals surface area contributed by atoms with E-state index in [4.69, 9.17) is 4.74 Å². The molecule has 0 N–H and O–H groups in total. The maximum atomic E-state index is 12.4. The van der Waals surface area contributed by atoms with Gasteiger partial charge in [-0.25, -0.2) is 0 Å². The first kappa shape index (κ1) is 14.6. The zero-order chi connectivity index (χ0) is 15.2. The lowest BCUT2D eigenvalue weighted by Gasteiger charge is -2.16. The molecule has 0 radical (unpaired) electrons. The summed E-state index contributed by atoms with van der Waals surface area (Å²) in [5.41, 5.74) is 0.719. The van der Waals surface area contributed by atoms with Gasteiger partial charge in [-0.15, -0.1) is 0 Å². The zero-order valence-corrected chi connectivity index (χ0v) is 12.5. The number of carbonyl (C=O) groups is 1. The molecule has 2 heterocycles. The van der Waals surface area contributed by atoms with Crippen molar-refractivity contribution in [2.75, 3.05) is 19.7 Å². The third-order valence-electron chi connectivity index (χ3n) is 4.04. The monoisotopic (exact) mass is 296 g/mol. The molecule has 1 amide bonds. The van der Waals surface area contributed by atoms with Crippen molar-refractivity contribution in [3.63, 3.8) is 0 Å². The molecule has 2 aromatic rings. The molecule has 1 aliphatic rings.